The molecular weight excluding hydrogens is 252 g/mol. The van der Waals surface area contributed by atoms with E-state index >= 15 is 0 Å². The maximum absolute atomic E-state index is 5.44. The van der Waals surface area contributed by atoms with Crippen molar-refractivity contribution in [1.29, 1.82) is 0 Å². The minimum Gasteiger partial charge on any atom is -0.496 e. The molecule has 0 saturated carbocycles. The SMILES string of the molecule is COc1ccc(C)cc1-c1cc(N2CCNCC2)n[nH]1. The Hall–Kier alpha value is -2.01. The minimum atomic E-state index is 0.867. The smallest absolute Gasteiger partial charge is 0.151 e. The second-order valence-corrected chi connectivity index (χ2v) is 5.08. The standard InChI is InChI=1S/C15H20N4O/c1-11-3-4-14(20-2)12(9-11)13-10-15(18-17-13)19-7-5-16-6-8-19/h3-4,9-10,16H,5-8H2,1-2H3,(H,17,18). The van der Waals surface area contributed by atoms with Crippen LogP contribution >= 0.6 is 0 Å². The predicted octanol–water partition coefficient (Wildman–Crippen LogP) is 1.80. The summed E-state index contributed by atoms with van der Waals surface area (Å²) in [6, 6.07) is 8.27. The van der Waals surface area contributed by atoms with Crippen molar-refractivity contribution in [3.05, 3.63) is 29.8 Å². The number of hydrogen-bond acceptors (Lipinski definition) is 4. The monoisotopic (exact) mass is 272 g/mol. The van der Waals surface area contributed by atoms with Crippen LogP contribution in [0.5, 0.6) is 5.75 Å². The van der Waals surface area contributed by atoms with E-state index in [1.807, 2.05) is 6.07 Å². The Balaban J connectivity index is 1.91. The first-order valence-electron chi connectivity index (χ1n) is 6.94. The molecule has 5 nitrogen and oxygen atoms in total. The lowest BCUT2D eigenvalue weighted by atomic mass is 10.1. The maximum atomic E-state index is 5.44. The lowest BCUT2D eigenvalue weighted by Gasteiger charge is -2.26. The Morgan fingerprint density at radius 3 is 2.75 bits per heavy atom. The molecule has 1 aromatic heterocycles. The number of nitrogens with one attached hydrogen (secondary N) is 2. The third-order valence-electron chi connectivity index (χ3n) is 3.65. The van der Waals surface area contributed by atoms with Crippen LogP contribution in [0.15, 0.2) is 24.3 Å². The largest absolute Gasteiger partial charge is 0.496 e. The van der Waals surface area contributed by atoms with Crippen molar-refractivity contribution in [2.45, 2.75) is 6.92 Å². The molecule has 1 saturated heterocycles. The molecule has 2 heterocycles. The van der Waals surface area contributed by atoms with Crippen molar-refractivity contribution in [1.82, 2.24) is 15.5 Å². The van der Waals surface area contributed by atoms with Gasteiger partial charge in [0.1, 0.15) is 5.75 Å². The molecule has 1 aliphatic heterocycles. The van der Waals surface area contributed by atoms with E-state index in [-0.39, 0.29) is 0 Å². The molecule has 0 radical (unpaired) electrons. The van der Waals surface area contributed by atoms with Crippen molar-refractivity contribution in [2.24, 2.45) is 0 Å². The highest BCUT2D eigenvalue weighted by Gasteiger charge is 2.15. The Kier molecular flexibility index (Phi) is 3.60. The Labute approximate surface area is 118 Å². The first-order valence-corrected chi connectivity index (χ1v) is 6.94. The van der Waals surface area contributed by atoms with Gasteiger partial charge in [0, 0.05) is 37.8 Å². The lowest BCUT2D eigenvalue weighted by Crippen LogP contribution is -2.43. The number of ether oxygens (including phenoxy) is 1. The number of piperazine rings is 1. The zero-order valence-corrected chi connectivity index (χ0v) is 11.9. The molecular formula is C15H20N4O. The van der Waals surface area contributed by atoms with E-state index in [0.717, 1.165) is 49.0 Å². The van der Waals surface area contributed by atoms with Crippen LogP contribution in [0.3, 0.4) is 0 Å². The second kappa shape index (κ2) is 5.54. The Morgan fingerprint density at radius 1 is 1.20 bits per heavy atom. The molecule has 1 aromatic carbocycles. The normalized spacial score (nSPS) is 15.4. The third-order valence-corrected chi connectivity index (χ3v) is 3.65. The molecule has 5 heteroatoms. The summed E-state index contributed by atoms with van der Waals surface area (Å²) >= 11 is 0. The van der Waals surface area contributed by atoms with Gasteiger partial charge in [-0.3, -0.25) is 5.10 Å². The topological polar surface area (TPSA) is 53.2 Å². The lowest BCUT2D eigenvalue weighted by molar-refractivity contribution is 0.416. The molecule has 1 fully saturated rings. The molecule has 0 spiro atoms. The van der Waals surface area contributed by atoms with Gasteiger partial charge in [-0.2, -0.15) is 5.10 Å². The number of anilines is 1. The highest BCUT2D eigenvalue weighted by atomic mass is 16.5. The maximum Gasteiger partial charge on any atom is 0.151 e. The molecule has 2 N–H and O–H groups in total. The van der Waals surface area contributed by atoms with Crippen LogP contribution in [0.1, 0.15) is 5.56 Å². The van der Waals surface area contributed by atoms with Gasteiger partial charge in [-0.05, 0) is 19.1 Å². The summed E-state index contributed by atoms with van der Waals surface area (Å²) in [5.41, 5.74) is 3.26. The fraction of sp³-hybridized carbons (Fsp3) is 0.400. The molecule has 0 atom stereocenters. The number of nitrogens with zero attached hydrogens (tertiary/aromatic N) is 2. The van der Waals surface area contributed by atoms with Crippen LogP contribution in [0.4, 0.5) is 5.82 Å². The van der Waals surface area contributed by atoms with E-state index in [9.17, 15) is 0 Å². The zero-order chi connectivity index (χ0) is 13.9. The van der Waals surface area contributed by atoms with Gasteiger partial charge in [-0.15, -0.1) is 0 Å². The van der Waals surface area contributed by atoms with Gasteiger partial charge in [-0.25, -0.2) is 0 Å². The van der Waals surface area contributed by atoms with Gasteiger partial charge in [0.05, 0.1) is 12.8 Å². The number of hydrogen-bond donors (Lipinski definition) is 2. The first-order chi connectivity index (χ1) is 9.78. The van der Waals surface area contributed by atoms with Gasteiger partial charge in [0.15, 0.2) is 5.82 Å². The van der Waals surface area contributed by atoms with Crippen LogP contribution in [-0.2, 0) is 0 Å². The van der Waals surface area contributed by atoms with Crippen molar-refractivity contribution < 1.29 is 4.74 Å². The molecule has 2 aromatic rings. The third kappa shape index (κ3) is 2.49. The van der Waals surface area contributed by atoms with Crippen molar-refractivity contribution >= 4 is 5.82 Å². The fourth-order valence-corrected chi connectivity index (χ4v) is 2.54. The summed E-state index contributed by atoms with van der Waals surface area (Å²) in [6.07, 6.45) is 0. The molecule has 0 amide bonds. The summed E-state index contributed by atoms with van der Waals surface area (Å²) in [5, 5.41) is 10.9. The summed E-state index contributed by atoms with van der Waals surface area (Å²) in [7, 11) is 1.70. The molecule has 1 aliphatic rings. The number of benzene rings is 1. The van der Waals surface area contributed by atoms with Gasteiger partial charge >= 0.3 is 0 Å². The predicted molar refractivity (Wildman–Crippen MR) is 80.4 cm³/mol. The van der Waals surface area contributed by atoms with E-state index in [1.54, 1.807) is 7.11 Å². The number of H-pyrrole nitrogens is 1. The molecule has 106 valence electrons. The zero-order valence-electron chi connectivity index (χ0n) is 11.9. The van der Waals surface area contributed by atoms with Crippen LogP contribution in [0.2, 0.25) is 0 Å². The minimum absolute atomic E-state index is 0.867. The molecule has 0 aliphatic carbocycles. The molecule has 3 rings (SSSR count). The molecule has 0 bridgehead atoms. The van der Waals surface area contributed by atoms with E-state index in [0.29, 0.717) is 0 Å². The summed E-state index contributed by atoms with van der Waals surface area (Å²) in [4.78, 5) is 2.29. The van der Waals surface area contributed by atoms with Crippen LogP contribution in [0.25, 0.3) is 11.3 Å². The molecule has 20 heavy (non-hydrogen) atoms. The van der Waals surface area contributed by atoms with Crippen molar-refractivity contribution in [3.8, 4) is 17.0 Å². The van der Waals surface area contributed by atoms with Gasteiger partial charge in [0.2, 0.25) is 0 Å². The number of methoxy groups -OCH3 is 1. The van der Waals surface area contributed by atoms with Crippen LogP contribution in [-0.4, -0.2) is 43.5 Å². The fourth-order valence-electron chi connectivity index (χ4n) is 2.54. The molecule has 0 unspecified atom stereocenters. The van der Waals surface area contributed by atoms with E-state index < -0.39 is 0 Å². The Bertz CT molecular complexity index is 587. The summed E-state index contributed by atoms with van der Waals surface area (Å²) in [6.45, 7) is 6.09. The highest BCUT2D eigenvalue weighted by molar-refractivity contribution is 5.70. The van der Waals surface area contributed by atoms with E-state index in [4.69, 9.17) is 4.74 Å². The first kappa shape index (κ1) is 13.0. The summed E-state index contributed by atoms with van der Waals surface area (Å²) in [5.74, 6) is 1.87. The number of aryl methyl sites for hydroxylation is 1. The highest BCUT2D eigenvalue weighted by Crippen LogP contribution is 2.31. The quantitative estimate of drug-likeness (QED) is 0.894. The van der Waals surface area contributed by atoms with Crippen molar-refractivity contribution in [2.75, 3.05) is 38.2 Å². The number of rotatable bonds is 3. The Morgan fingerprint density at radius 2 is 2.00 bits per heavy atom. The number of aromatic nitrogens is 2. The van der Waals surface area contributed by atoms with E-state index in [1.165, 1.54) is 5.56 Å². The van der Waals surface area contributed by atoms with Gasteiger partial charge < -0.3 is 15.0 Å². The average molecular weight is 272 g/mol. The average Bonchev–Trinajstić information content (AvgIpc) is 2.98. The van der Waals surface area contributed by atoms with Crippen molar-refractivity contribution in [3.63, 3.8) is 0 Å². The van der Waals surface area contributed by atoms with Gasteiger partial charge in [-0.1, -0.05) is 11.6 Å². The number of aromatic amines is 1. The van der Waals surface area contributed by atoms with Crippen LogP contribution < -0.4 is 15.0 Å². The van der Waals surface area contributed by atoms with Gasteiger partial charge in [0.25, 0.3) is 0 Å². The summed E-state index contributed by atoms with van der Waals surface area (Å²) < 4.78 is 5.44. The second-order valence-electron chi connectivity index (χ2n) is 5.08. The van der Waals surface area contributed by atoms with Crippen LogP contribution in [0, 0.1) is 6.92 Å². The van der Waals surface area contributed by atoms with E-state index in [2.05, 4.69) is 45.5 Å².